The van der Waals surface area contributed by atoms with Gasteiger partial charge in [0.2, 0.25) is 0 Å². The molecule has 112 valence electrons. The molecule has 0 heterocycles. The minimum Gasteiger partial charge on any atom is -0.481 e. The van der Waals surface area contributed by atoms with E-state index in [9.17, 15) is 22.4 Å². The third kappa shape index (κ3) is 4.40. The Morgan fingerprint density at radius 1 is 1.35 bits per heavy atom. The molecule has 0 saturated heterocycles. The molecule has 0 fully saturated rings. The van der Waals surface area contributed by atoms with E-state index in [2.05, 4.69) is 5.32 Å². The first kappa shape index (κ1) is 16.3. The number of carboxylic acid groups (broad SMARTS) is 1. The van der Waals surface area contributed by atoms with Crippen molar-refractivity contribution in [2.24, 2.45) is 5.92 Å². The van der Waals surface area contributed by atoms with E-state index >= 15 is 0 Å². The number of carbonyl (C=O) groups is 1. The van der Waals surface area contributed by atoms with Gasteiger partial charge in [-0.1, -0.05) is 13.8 Å². The zero-order chi connectivity index (χ0) is 15.5. The summed E-state index contributed by atoms with van der Waals surface area (Å²) in [7, 11) is 0. The molecular weight excluding hydrogens is 278 g/mol. The number of hydrogen-bond donors (Lipinski definition) is 2. The smallest absolute Gasteiger partial charge is 0.416 e. The van der Waals surface area contributed by atoms with Crippen molar-refractivity contribution in [3.8, 4) is 0 Å². The highest BCUT2D eigenvalue weighted by molar-refractivity contribution is 5.68. The number of aliphatic carboxylic acids is 1. The monoisotopic (exact) mass is 293 g/mol. The maximum atomic E-state index is 13.6. The molecule has 1 aromatic carbocycles. The highest BCUT2D eigenvalue weighted by Gasteiger charge is 2.31. The van der Waals surface area contributed by atoms with Gasteiger partial charge in [0.15, 0.2) is 0 Å². The van der Waals surface area contributed by atoms with Crippen LogP contribution < -0.4 is 5.32 Å². The normalized spacial score (nSPS) is 13.3. The van der Waals surface area contributed by atoms with Crippen LogP contribution in [0.25, 0.3) is 0 Å². The number of halogens is 4. The van der Waals surface area contributed by atoms with Gasteiger partial charge in [0.05, 0.1) is 17.7 Å². The van der Waals surface area contributed by atoms with Crippen molar-refractivity contribution in [1.29, 1.82) is 0 Å². The zero-order valence-corrected chi connectivity index (χ0v) is 11.0. The van der Waals surface area contributed by atoms with Crippen molar-refractivity contribution >= 4 is 11.7 Å². The number of hydrogen-bond acceptors (Lipinski definition) is 2. The molecule has 0 aliphatic carbocycles. The molecule has 0 bridgehead atoms. The molecule has 2 N–H and O–H groups in total. The van der Waals surface area contributed by atoms with Gasteiger partial charge in [-0.25, -0.2) is 4.39 Å². The fourth-order valence-electron chi connectivity index (χ4n) is 1.65. The molecular formula is C13H15F4NO2. The number of anilines is 1. The molecule has 0 amide bonds. The van der Waals surface area contributed by atoms with E-state index < -0.39 is 29.6 Å². The van der Waals surface area contributed by atoms with Crippen LogP contribution in [0.2, 0.25) is 0 Å². The van der Waals surface area contributed by atoms with Crippen molar-refractivity contribution in [3.63, 3.8) is 0 Å². The van der Waals surface area contributed by atoms with Gasteiger partial charge < -0.3 is 10.4 Å². The SMILES string of the molecule is CC(C)C(CC(=O)O)Nc1ccc(C(F)(F)F)cc1F. The van der Waals surface area contributed by atoms with Crippen LogP contribution in [0.15, 0.2) is 18.2 Å². The zero-order valence-electron chi connectivity index (χ0n) is 11.0. The quantitative estimate of drug-likeness (QED) is 0.813. The topological polar surface area (TPSA) is 49.3 Å². The van der Waals surface area contributed by atoms with Gasteiger partial charge in [0, 0.05) is 6.04 Å². The van der Waals surface area contributed by atoms with Gasteiger partial charge in [-0.15, -0.1) is 0 Å². The summed E-state index contributed by atoms with van der Waals surface area (Å²) in [6.07, 6.45) is -4.87. The highest BCUT2D eigenvalue weighted by Crippen LogP contribution is 2.31. The van der Waals surface area contributed by atoms with Crippen LogP contribution in [-0.4, -0.2) is 17.1 Å². The number of alkyl halides is 3. The Kier molecular flexibility index (Phi) is 4.97. The maximum Gasteiger partial charge on any atom is 0.416 e. The standard InChI is InChI=1S/C13H15F4NO2/c1-7(2)11(6-12(19)20)18-10-4-3-8(5-9(10)14)13(15,16)17/h3-5,7,11,18H,6H2,1-2H3,(H,19,20). The molecule has 0 aliphatic heterocycles. The third-order valence-electron chi connectivity index (χ3n) is 2.84. The first-order valence-corrected chi connectivity index (χ1v) is 5.96. The van der Waals surface area contributed by atoms with Gasteiger partial charge in [-0.3, -0.25) is 4.79 Å². The van der Waals surface area contributed by atoms with Gasteiger partial charge >= 0.3 is 12.1 Å². The number of nitrogens with one attached hydrogen (secondary N) is 1. The predicted molar refractivity (Wildman–Crippen MR) is 65.9 cm³/mol. The molecule has 0 aliphatic rings. The Hall–Kier alpha value is -1.79. The van der Waals surface area contributed by atoms with Crippen LogP contribution in [0, 0.1) is 11.7 Å². The van der Waals surface area contributed by atoms with Crippen LogP contribution in [0.1, 0.15) is 25.8 Å². The number of benzene rings is 1. The van der Waals surface area contributed by atoms with Crippen LogP contribution >= 0.6 is 0 Å². The average molecular weight is 293 g/mol. The largest absolute Gasteiger partial charge is 0.481 e. The summed E-state index contributed by atoms with van der Waals surface area (Å²) in [6, 6.07) is 1.54. The fourth-order valence-corrected chi connectivity index (χ4v) is 1.65. The molecule has 0 radical (unpaired) electrons. The predicted octanol–water partition coefficient (Wildman–Crippen LogP) is 3.76. The van der Waals surface area contributed by atoms with Crippen molar-refractivity contribution in [2.75, 3.05) is 5.32 Å². The van der Waals surface area contributed by atoms with Gasteiger partial charge in [-0.05, 0) is 24.1 Å². The van der Waals surface area contributed by atoms with Crippen LogP contribution in [0.5, 0.6) is 0 Å². The second-order valence-corrected chi connectivity index (χ2v) is 4.79. The highest BCUT2D eigenvalue weighted by atomic mass is 19.4. The van der Waals surface area contributed by atoms with Crippen LogP contribution in [0.4, 0.5) is 23.2 Å². The minimum atomic E-state index is -4.61. The Bertz CT molecular complexity index is 486. The van der Waals surface area contributed by atoms with E-state index in [4.69, 9.17) is 5.11 Å². The summed E-state index contributed by atoms with van der Waals surface area (Å²) < 4.78 is 50.8. The van der Waals surface area contributed by atoms with Gasteiger partial charge in [0.1, 0.15) is 5.82 Å². The maximum absolute atomic E-state index is 13.6. The molecule has 1 atom stereocenters. The summed E-state index contributed by atoms with van der Waals surface area (Å²) >= 11 is 0. The molecule has 0 spiro atoms. The van der Waals surface area contributed by atoms with Gasteiger partial charge in [-0.2, -0.15) is 13.2 Å². The van der Waals surface area contributed by atoms with Gasteiger partial charge in [0.25, 0.3) is 0 Å². The molecule has 3 nitrogen and oxygen atoms in total. The fraction of sp³-hybridized carbons (Fsp3) is 0.462. The van der Waals surface area contributed by atoms with Crippen molar-refractivity contribution in [2.45, 2.75) is 32.5 Å². The Labute approximate surface area is 113 Å². The second-order valence-electron chi connectivity index (χ2n) is 4.79. The van der Waals surface area contributed by atoms with E-state index in [-0.39, 0.29) is 18.0 Å². The van der Waals surface area contributed by atoms with E-state index in [1.165, 1.54) is 0 Å². The summed E-state index contributed by atoms with van der Waals surface area (Å²) in [4.78, 5) is 10.7. The molecule has 0 aromatic heterocycles. The summed E-state index contributed by atoms with van der Waals surface area (Å²) in [5.41, 5.74) is -1.22. The van der Waals surface area contributed by atoms with Crippen LogP contribution in [0.3, 0.4) is 0 Å². The molecule has 0 saturated carbocycles. The summed E-state index contributed by atoms with van der Waals surface area (Å²) in [5, 5.41) is 11.4. The van der Waals surface area contributed by atoms with Crippen molar-refractivity contribution in [1.82, 2.24) is 0 Å². The lowest BCUT2D eigenvalue weighted by atomic mass is 10.0. The Morgan fingerprint density at radius 2 is 1.95 bits per heavy atom. The van der Waals surface area contributed by atoms with Crippen molar-refractivity contribution in [3.05, 3.63) is 29.6 Å². The molecule has 1 rings (SSSR count). The van der Waals surface area contributed by atoms with E-state index in [1.54, 1.807) is 13.8 Å². The summed E-state index contributed by atoms with van der Waals surface area (Å²) in [5.74, 6) is -2.24. The number of carboxylic acids is 1. The Morgan fingerprint density at radius 3 is 2.35 bits per heavy atom. The van der Waals surface area contributed by atoms with E-state index in [0.717, 1.165) is 12.1 Å². The molecule has 1 unspecified atom stereocenters. The molecule has 7 heteroatoms. The first-order valence-electron chi connectivity index (χ1n) is 5.96. The lowest BCUT2D eigenvalue weighted by molar-refractivity contribution is -0.138. The third-order valence-corrected chi connectivity index (χ3v) is 2.84. The molecule has 1 aromatic rings. The van der Waals surface area contributed by atoms with Crippen molar-refractivity contribution < 1.29 is 27.5 Å². The molecule has 20 heavy (non-hydrogen) atoms. The van der Waals surface area contributed by atoms with E-state index in [0.29, 0.717) is 6.07 Å². The first-order chi connectivity index (χ1) is 9.11. The van der Waals surface area contributed by atoms with E-state index in [1.807, 2.05) is 0 Å². The second kappa shape index (κ2) is 6.11. The number of rotatable bonds is 5. The summed E-state index contributed by atoms with van der Waals surface area (Å²) in [6.45, 7) is 3.48. The Balaban J connectivity index is 2.94. The average Bonchev–Trinajstić information content (AvgIpc) is 2.28. The lowest BCUT2D eigenvalue weighted by Gasteiger charge is -2.22. The lowest BCUT2D eigenvalue weighted by Crippen LogP contribution is -2.29. The van der Waals surface area contributed by atoms with Crippen LogP contribution in [-0.2, 0) is 11.0 Å². The minimum absolute atomic E-state index is 0.118.